The summed E-state index contributed by atoms with van der Waals surface area (Å²) in [6, 6.07) is 11.9. The minimum atomic E-state index is -3.61. The maximum atomic E-state index is 12.6. The van der Waals surface area contributed by atoms with Crippen LogP contribution < -0.4 is 14.8 Å². The highest BCUT2D eigenvalue weighted by atomic mass is 32.2. The van der Waals surface area contributed by atoms with Gasteiger partial charge in [0.05, 0.1) is 12.0 Å². The van der Waals surface area contributed by atoms with Crippen molar-refractivity contribution in [2.45, 2.75) is 37.6 Å². The third kappa shape index (κ3) is 5.27. The van der Waals surface area contributed by atoms with E-state index in [-0.39, 0.29) is 17.0 Å². The normalized spacial score (nSPS) is 15.2. The molecule has 2 aromatic carbocycles. The van der Waals surface area contributed by atoms with Crippen LogP contribution in [0.1, 0.15) is 24.0 Å². The molecule has 0 aliphatic carbocycles. The molecule has 0 radical (unpaired) electrons. The number of anilines is 1. The summed E-state index contributed by atoms with van der Waals surface area (Å²) in [7, 11) is -2.07. The highest BCUT2D eigenvalue weighted by molar-refractivity contribution is 7.89. The Morgan fingerprint density at radius 1 is 1.07 bits per heavy atom. The van der Waals surface area contributed by atoms with Gasteiger partial charge in [-0.25, -0.2) is 17.9 Å². The Hall–Kier alpha value is -2.58. The van der Waals surface area contributed by atoms with Gasteiger partial charge < -0.3 is 15.0 Å². The lowest BCUT2D eigenvalue weighted by molar-refractivity contribution is 0.193. The van der Waals surface area contributed by atoms with E-state index in [1.807, 2.05) is 32.0 Å². The molecule has 0 spiro atoms. The molecule has 0 atom stereocenters. The number of aryl methyl sites for hydroxylation is 2. The first-order chi connectivity index (χ1) is 13.8. The highest BCUT2D eigenvalue weighted by Gasteiger charge is 2.27. The van der Waals surface area contributed by atoms with Gasteiger partial charge in [-0.1, -0.05) is 12.1 Å². The van der Waals surface area contributed by atoms with E-state index in [0.717, 1.165) is 16.8 Å². The fourth-order valence-electron chi connectivity index (χ4n) is 3.31. The molecular weight excluding hydrogens is 390 g/mol. The average molecular weight is 418 g/mol. The van der Waals surface area contributed by atoms with Crippen molar-refractivity contribution in [3.8, 4) is 5.75 Å². The number of carbonyl (C=O) groups excluding carboxylic acids is 1. The van der Waals surface area contributed by atoms with Crippen molar-refractivity contribution in [3.05, 3.63) is 53.6 Å². The van der Waals surface area contributed by atoms with Crippen LogP contribution in [0.25, 0.3) is 0 Å². The quantitative estimate of drug-likeness (QED) is 0.781. The SMILES string of the molecule is COc1ccc(S(=O)(=O)NC2CCN(C(=O)Nc3cc(C)ccc3C)CC2)cc1. The number of hydrogen-bond donors (Lipinski definition) is 2. The Morgan fingerprint density at radius 2 is 1.72 bits per heavy atom. The lowest BCUT2D eigenvalue weighted by atomic mass is 10.1. The molecule has 156 valence electrons. The predicted octanol–water partition coefficient (Wildman–Crippen LogP) is 3.29. The average Bonchev–Trinajstić information content (AvgIpc) is 2.71. The highest BCUT2D eigenvalue weighted by Crippen LogP contribution is 2.20. The molecule has 0 saturated carbocycles. The second-order valence-corrected chi connectivity index (χ2v) is 9.02. The predicted molar refractivity (Wildman–Crippen MR) is 113 cm³/mol. The molecule has 2 N–H and O–H groups in total. The Balaban J connectivity index is 1.55. The zero-order valence-electron chi connectivity index (χ0n) is 16.9. The number of hydrogen-bond acceptors (Lipinski definition) is 4. The number of nitrogens with one attached hydrogen (secondary N) is 2. The third-order valence-electron chi connectivity index (χ3n) is 5.11. The standard InChI is InChI=1S/C21H27N3O4S/c1-15-4-5-16(2)20(14-15)22-21(25)24-12-10-17(11-13-24)23-29(26,27)19-8-6-18(28-3)7-9-19/h4-9,14,17,23H,10-13H2,1-3H3,(H,22,25). The van der Waals surface area contributed by atoms with Gasteiger partial charge in [-0.2, -0.15) is 0 Å². The topological polar surface area (TPSA) is 87.7 Å². The van der Waals surface area contributed by atoms with Crippen LogP contribution in [0, 0.1) is 13.8 Å². The zero-order valence-corrected chi connectivity index (χ0v) is 17.8. The van der Waals surface area contributed by atoms with Gasteiger partial charge in [-0.05, 0) is 68.1 Å². The van der Waals surface area contributed by atoms with Gasteiger partial charge in [0.1, 0.15) is 5.75 Å². The maximum absolute atomic E-state index is 12.6. The van der Waals surface area contributed by atoms with E-state index in [1.54, 1.807) is 17.0 Å². The number of benzene rings is 2. The molecule has 1 heterocycles. The van der Waals surface area contributed by atoms with E-state index in [4.69, 9.17) is 4.74 Å². The second-order valence-electron chi connectivity index (χ2n) is 7.31. The largest absolute Gasteiger partial charge is 0.497 e. The Labute approximate surface area is 172 Å². The number of methoxy groups -OCH3 is 1. The first kappa shape index (κ1) is 21.1. The molecule has 0 aromatic heterocycles. The number of rotatable bonds is 5. The summed E-state index contributed by atoms with van der Waals surface area (Å²) < 4.78 is 33.0. The van der Waals surface area contributed by atoms with Gasteiger partial charge in [-0.3, -0.25) is 0 Å². The molecule has 1 aliphatic rings. The van der Waals surface area contributed by atoms with Crippen molar-refractivity contribution in [1.82, 2.24) is 9.62 Å². The van der Waals surface area contributed by atoms with Gasteiger partial charge in [-0.15, -0.1) is 0 Å². The molecular formula is C21H27N3O4S. The van der Waals surface area contributed by atoms with Crippen LogP contribution in [0.4, 0.5) is 10.5 Å². The molecule has 0 unspecified atom stereocenters. The second kappa shape index (κ2) is 8.84. The smallest absolute Gasteiger partial charge is 0.321 e. The van der Waals surface area contributed by atoms with E-state index in [2.05, 4.69) is 10.0 Å². The molecule has 8 heteroatoms. The first-order valence-corrected chi connectivity index (χ1v) is 11.1. The maximum Gasteiger partial charge on any atom is 0.321 e. The van der Waals surface area contributed by atoms with Crippen LogP contribution in [0.3, 0.4) is 0 Å². The third-order valence-corrected chi connectivity index (χ3v) is 6.64. The van der Waals surface area contributed by atoms with Gasteiger partial charge in [0.15, 0.2) is 0 Å². The molecule has 2 aromatic rings. The van der Waals surface area contributed by atoms with Crippen LogP contribution >= 0.6 is 0 Å². The van der Waals surface area contributed by atoms with Gasteiger partial charge in [0.2, 0.25) is 10.0 Å². The van der Waals surface area contributed by atoms with E-state index in [9.17, 15) is 13.2 Å². The summed E-state index contributed by atoms with van der Waals surface area (Å²) in [5, 5.41) is 2.96. The molecule has 29 heavy (non-hydrogen) atoms. The lowest BCUT2D eigenvalue weighted by Gasteiger charge is -2.32. The summed E-state index contributed by atoms with van der Waals surface area (Å²) in [5.41, 5.74) is 2.89. The summed E-state index contributed by atoms with van der Waals surface area (Å²) in [5.74, 6) is 0.604. The molecule has 1 saturated heterocycles. The molecule has 3 rings (SSSR count). The number of carbonyl (C=O) groups is 1. The molecule has 1 fully saturated rings. The number of urea groups is 1. The van der Waals surface area contributed by atoms with Crippen molar-refractivity contribution in [3.63, 3.8) is 0 Å². The van der Waals surface area contributed by atoms with Crippen molar-refractivity contribution in [1.29, 1.82) is 0 Å². The minimum absolute atomic E-state index is 0.157. The van der Waals surface area contributed by atoms with E-state index in [1.165, 1.54) is 19.2 Å². The van der Waals surface area contributed by atoms with Gasteiger partial charge >= 0.3 is 6.03 Å². The summed E-state index contributed by atoms with van der Waals surface area (Å²) >= 11 is 0. The Bertz CT molecular complexity index is 966. The molecule has 7 nitrogen and oxygen atoms in total. The summed E-state index contributed by atoms with van der Waals surface area (Å²) in [4.78, 5) is 14.5. The van der Waals surface area contributed by atoms with E-state index >= 15 is 0 Å². The van der Waals surface area contributed by atoms with Crippen LogP contribution in [0.15, 0.2) is 47.4 Å². The Kier molecular flexibility index (Phi) is 6.44. The summed E-state index contributed by atoms with van der Waals surface area (Å²) in [6.07, 6.45) is 1.13. The van der Waals surface area contributed by atoms with Crippen molar-refractivity contribution >= 4 is 21.7 Å². The Morgan fingerprint density at radius 3 is 2.34 bits per heavy atom. The lowest BCUT2D eigenvalue weighted by Crippen LogP contribution is -2.47. The molecule has 0 bridgehead atoms. The van der Waals surface area contributed by atoms with Gasteiger partial charge in [0, 0.05) is 24.8 Å². The van der Waals surface area contributed by atoms with Crippen LogP contribution in [0.5, 0.6) is 5.75 Å². The summed E-state index contributed by atoms with van der Waals surface area (Å²) in [6.45, 7) is 4.92. The van der Waals surface area contributed by atoms with Crippen LogP contribution in [-0.4, -0.2) is 45.6 Å². The fraction of sp³-hybridized carbons (Fsp3) is 0.381. The number of nitrogens with zero attached hydrogens (tertiary/aromatic N) is 1. The zero-order chi connectivity index (χ0) is 21.0. The number of amides is 2. The van der Waals surface area contributed by atoms with Crippen molar-refractivity contribution < 1.29 is 17.9 Å². The van der Waals surface area contributed by atoms with Crippen LogP contribution in [0.2, 0.25) is 0 Å². The minimum Gasteiger partial charge on any atom is -0.497 e. The number of sulfonamides is 1. The monoisotopic (exact) mass is 417 g/mol. The number of ether oxygens (including phenoxy) is 1. The van der Waals surface area contributed by atoms with E-state index in [0.29, 0.717) is 31.7 Å². The fourth-order valence-corrected chi connectivity index (χ4v) is 4.61. The molecule has 2 amide bonds. The molecule has 1 aliphatic heterocycles. The van der Waals surface area contributed by atoms with Gasteiger partial charge in [0.25, 0.3) is 0 Å². The first-order valence-electron chi connectivity index (χ1n) is 9.58. The van der Waals surface area contributed by atoms with Crippen LogP contribution in [-0.2, 0) is 10.0 Å². The van der Waals surface area contributed by atoms with E-state index < -0.39 is 10.0 Å². The number of likely N-dealkylation sites (tertiary alicyclic amines) is 1. The van der Waals surface area contributed by atoms with Crippen molar-refractivity contribution in [2.24, 2.45) is 0 Å². The van der Waals surface area contributed by atoms with Crippen molar-refractivity contribution in [2.75, 3.05) is 25.5 Å². The number of piperidine rings is 1.